The molecule has 0 aliphatic heterocycles. The number of anilines is 1. The molecule has 12 heteroatoms. The van der Waals surface area contributed by atoms with Crippen molar-refractivity contribution >= 4 is 29.6 Å². The van der Waals surface area contributed by atoms with E-state index in [-0.39, 0.29) is 17.0 Å². The van der Waals surface area contributed by atoms with Gasteiger partial charge in [0.2, 0.25) is 0 Å². The Labute approximate surface area is 287 Å². The van der Waals surface area contributed by atoms with Crippen molar-refractivity contribution in [3.05, 3.63) is 95.2 Å². The summed E-state index contributed by atoms with van der Waals surface area (Å²) in [7, 11) is 1.98. The lowest BCUT2D eigenvalue weighted by Crippen LogP contribution is -2.49. The van der Waals surface area contributed by atoms with Crippen LogP contribution in [0.2, 0.25) is 0 Å². The predicted octanol–water partition coefficient (Wildman–Crippen LogP) is 5.31. The summed E-state index contributed by atoms with van der Waals surface area (Å²) < 4.78 is 8.35. The maximum atomic E-state index is 13.6. The number of urea groups is 1. The Morgan fingerprint density at radius 2 is 1.80 bits per heavy atom. The molecule has 1 aromatic carbocycles. The number of hydrogen-bond donors (Lipinski definition) is 3. The van der Waals surface area contributed by atoms with Gasteiger partial charge in [-0.15, -0.1) is 10.2 Å². The second kappa shape index (κ2) is 13.8. The Morgan fingerprint density at radius 1 is 1.04 bits per heavy atom. The quantitative estimate of drug-likeness (QED) is 0.153. The largest absolute Gasteiger partial charge is 0.480 e. The monoisotopic (exact) mass is 666 g/mol. The number of aromatic nitrogens is 4. The SMILES string of the molecule is CCN(C)CCNC(=O)c1cc(NC(=O)N[C@@]2(C=O)C=C[C@@H](Oc3ccc4nnc(C(C)(C)C)n4c3)c3ccccc32)cc(C(C)(C)C)n1. The van der Waals surface area contributed by atoms with Crippen LogP contribution in [0.5, 0.6) is 5.75 Å². The Bertz CT molecular complexity index is 1890. The summed E-state index contributed by atoms with van der Waals surface area (Å²) in [6.45, 7) is 16.2. The molecule has 3 N–H and O–H groups in total. The highest BCUT2D eigenvalue weighted by molar-refractivity contribution is 5.96. The van der Waals surface area contributed by atoms with Crippen LogP contribution in [0.25, 0.3) is 5.65 Å². The third kappa shape index (κ3) is 7.80. The average molecular weight is 667 g/mol. The number of ether oxygens (including phenoxy) is 1. The number of aldehydes is 1. The van der Waals surface area contributed by atoms with E-state index in [1.165, 1.54) is 6.07 Å². The number of fused-ring (bicyclic) bond motifs is 2. The molecule has 1 aliphatic rings. The van der Waals surface area contributed by atoms with Gasteiger partial charge in [0, 0.05) is 40.9 Å². The Hall–Kier alpha value is -5.10. The van der Waals surface area contributed by atoms with E-state index in [1.807, 2.05) is 75.7 Å². The van der Waals surface area contributed by atoms with Crippen LogP contribution in [-0.4, -0.2) is 69.4 Å². The lowest BCUT2D eigenvalue weighted by Gasteiger charge is -2.34. The molecule has 1 aliphatic carbocycles. The van der Waals surface area contributed by atoms with Crippen LogP contribution in [0.3, 0.4) is 0 Å². The number of carbonyl (C=O) groups is 3. The first kappa shape index (κ1) is 35.2. The lowest BCUT2D eigenvalue weighted by molar-refractivity contribution is -0.111. The van der Waals surface area contributed by atoms with E-state index in [1.54, 1.807) is 24.3 Å². The first-order valence-electron chi connectivity index (χ1n) is 16.5. The molecule has 258 valence electrons. The molecular formula is C37H46N8O4. The summed E-state index contributed by atoms with van der Waals surface area (Å²) in [6, 6.07) is 13.7. The zero-order valence-electron chi connectivity index (χ0n) is 29.5. The molecule has 49 heavy (non-hydrogen) atoms. The van der Waals surface area contributed by atoms with Gasteiger partial charge in [-0.05, 0) is 55.6 Å². The third-order valence-electron chi connectivity index (χ3n) is 8.47. The summed E-state index contributed by atoms with van der Waals surface area (Å²) in [5, 5.41) is 17.3. The molecule has 5 rings (SSSR count). The molecule has 0 unspecified atom stereocenters. The van der Waals surface area contributed by atoms with Crippen molar-refractivity contribution in [1.29, 1.82) is 0 Å². The van der Waals surface area contributed by atoms with Crippen LogP contribution < -0.4 is 20.7 Å². The van der Waals surface area contributed by atoms with Crippen molar-refractivity contribution in [2.24, 2.45) is 0 Å². The summed E-state index contributed by atoms with van der Waals surface area (Å²) in [5.41, 5.74) is 1.12. The second-order valence-electron chi connectivity index (χ2n) is 14.4. The molecule has 0 bridgehead atoms. The third-order valence-corrected chi connectivity index (χ3v) is 8.47. The number of likely N-dealkylation sites (N-methyl/N-ethyl adjacent to an activating group) is 1. The second-order valence-corrected chi connectivity index (χ2v) is 14.4. The number of carbonyl (C=O) groups excluding carboxylic acids is 3. The molecule has 12 nitrogen and oxygen atoms in total. The normalized spacial score (nSPS) is 17.4. The minimum absolute atomic E-state index is 0.189. The van der Waals surface area contributed by atoms with Crippen LogP contribution in [0, 0.1) is 0 Å². The van der Waals surface area contributed by atoms with Crippen LogP contribution in [-0.2, 0) is 21.2 Å². The Morgan fingerprint density at radius 3 is 2.49 bits per heavy atom. The van der Waals surface area contributed by atoms with Crippen LogP contribution >= 0.6 is 0 Å². The molecule has 0 fully saturated rings. The van der Waals surface area contributed by atoms with E-state index in [0.717, 1.165) is 17.9 Å². The van der Waals surface area contributed by atoms with Gasteiger partial charge in [-0.3, -0.25) is 14.0 Å². The van der Waals surface area contributed by atoms with Crippen LogP contribution in [0.1, 0.15) is 87.7 Å². The number of benzene rings is 1. The topological polar surface area (TPSA) is 143 Å². The van der Waals surface area contributed by atoms with Gasteiger partial charge in [0.25, 0.3) is 5.91 Å². The van der Waals surface area contributed by atoms with Crippen molar-refractivity contribution in [1.82, 2.24) is 35.1 Å². The van der Waals surface area contributed by atoms with Crippen LogP contribution in [0.15, 0.2) is 66.9 Å². The zero-order chi connectivity index (χ0) is 35.6. The highest BCUT2D eigenvalue weighted by atomic mass is 16.5. The van der Waals surface area contributed by atoms with Gasteiger partial charge in [-0.2, -0.15) is 0 Å². The molecule has 0 spiro atoms. The van der Waals surface area contributed by atoms with Gasteiger partial charge in [0.15, 0.2) is 11.9 Å². The predicted molar refractivity (Wildman–Crippen MR) is 189 cm³/mol. The van der Waals surface area contributed by atoms with Gasteiger partial charge in [0.1, 0.15) is 28.9 Å². The van der Waals surface area contributed by atoms with E-state index in [2.05, 4.69) is 56.8 Å². The van der Waals surface area contributed by atoms with Gasteiger partial charge < -0.3 is 25.6 Å². The fourth-order valence-electron chi connectivity index (χ4n) is 5.56. The van der Waals surface area contributed by atoms with Gasteiger partial charge in [-0.1, -0.05) is 72.7 Å². The van der Waals surface area contributed by atoms with E-state index < -0.39 is 23.1 Å². The average Bonchev–Trinajstić information content (AvgIpc) is 3.49. The van der Waals surface area contributed by atoms with Crippen molar-refractivity contribution in [3.8, 4) is 5.75 Å². The van der Waals surface area contributed by atoms with Crippen molar-refractivity contribution in [2.75, 3.05) is 32.0 Å². The fraction of sp³-hybridized carbons (Fsp3) is 0.405. The standard InChI is InChI=1S/C37H46N8O4/c1-9-44(8)19-18-38-32(47)28-20-24(21-30(40-28)35(2,3)4)39-34(48)41-37(23-46)17-16-29(26-12-10-11-13-27(26)37)49-25-14-15-31-42-43-33(36(5,6)7)45(31)22-25/h10-17,20-23,29H,9,18-19H2,1-8H3,(H,38,47)(H2,39,40,41,48)/t29-,37-/m1/s1. The van der Waals surface area contributed by atoms with Gasteiger partial charge >= 0.3 is 6.03 Å². The maximum absolute atomic E-state index is 13.6. The fourth-order valence-corrected chi connectivity index (χ4v) is 5.56. The molecule has 3 amide bonds. The van der Waals surface area contributed by atoms with E-state index in [9.17, 15) is 14.4 Å². The summed E-state index contributed by atoms with van der Waals surface area (Å²) in [6.07, 6.45) is 5.44. The first-order valence-corrected chi connectivity index (χ1v) is 16.5. The molecular weight excluding hydrogens is 620 g/mol. The number of nitrogens with one attached hydrogen (secondary N) is 3. The molecule has 2 atom stereocenters. The Kier molecular flexibility index (Phi) is 9.91. The Balaban J connectivity index is 1.38. The number of rotatable bonds is 10. The molecule has 0 saturated carbocycles. The first-order chi connectivity index (χ1) is 23.1. The molecule has 3 heterocycles. The summed E-state index contributed by atoms with van der Waals surface area (Å²) in [4.78, 5) is 46.1. The summed E-state index contributed by atoms with van der Waals surface area (Å²) in [5.74, 6) is 1.06. The highest BCUT2D eigenvalue weighted by Crippen LogP contribution is 2.37. The lowest BCUT2D eigenvalue weighted by atomic mass is 9.81. The van der Waals surface area contributed by atoms with Gasteiger partial charge in [0.05, 0.1) is 6.20 Å². The molecule has 4 aromatic rings. The van der Waals surface area contributed by atoms with Crippen LogP contribution in [0.4, 0.5) is 10.5 Å². The zero-order valence-corrected chi connectivity index (χ0v) is 29.5. The summed E-state index contributed by atoms with van der Waals surface area (Å²) >= 11 is 0. The maximum Gasteiger partial charge on any atom is 0.320 e. The van der Waals surface area contributed by atoms with E-state index >= 15 is 0 Å². The smallest absolute Gasteiger partial charge is 0.320 e. The minimum atomic E-state index is -1.47. The van der Waals surface area contributed by atoms with Crippen molar-refractivity contribution in [3.63, 3.8) is 0 Å². The molecule has 0 saturated heterocycles. The molecule has 0 radical (unpaired) electrons. The van der Waals surface area contributed by atoms with Crippen molar-refractivity contribution < 1.29 is 19.1 Å². The number of nitrogens with zero attached hydrogens (tertiary/aromatic N) is 5. The van der Waals surface area contributed by atoms with Crippen molar-refractivity contribution in [2.45, 2.75) is 70.9 Å². The number of amides is 3. The number of hydrogen-bond acceptors (Lipinski definition) is 8. The minimum Gasteiger partial charge on any atom is -0.480 e. The number of pyridine rings is 2. The van der Waals surface area contributed by atoms with Gasteiger partial charge in [-0.25, -0.2) is 9.78 Å². The van der Waals surface area contributed by atoms with E-state index in [0.29, 0.717) is 47.7 Å². The van der Waals surface area contributed by atoms with E-state index in [4.69, 9.17) is 4.74 Å². The highest BCUT2D eigenvalue weighted by Gasteiger charge is 2.38. The molecule has 3 aromatic heterocycles.